The molecule has 0 bridgehead atoms. The molecule has 0 aliphatic rings. The van der Waals surface area contributed by atoms with Gasteiger partial charge in [-0.3, -0.25) is 4.79 Å². The predicted molar refractivity (Wildman–Crippen MR) is 133 cm³/mol. The van der Waals surface area contributed by atoms with E-state index in [0.29, 0.717) is 34.2 Å². The number of ether oxygens (including phenoxy) is 1. The van der Waals surface area contributed by atoms with Crippen LogP contribution < -0.4 is 10.1 Å². The van der Waals surface area contributed by atoms with Crippen molar-refractivity contribution in [1.29, 1.82) is 0 Å². The minimum absolute atomic E-state index is 0.0813. The van der Waals surface area contributed by atoms with Crippen molar-refractivity contribution in [2.45, 2.75) is 19.9 Å². The number of rotatable bonds is 7. The molecular formula is C26H24N6O3. The Bertz CT molecular complexity index is 1520. The lowest BCUT2D eigenvalue weighted by Gasteiger charge is -2.09. The number of benzene rings is 2. The Balaban J connectivity index is 1.47. The molecule has 0 atom stereocenters. The van der Waals surface area contributed by atoms with Crippen molar-refractivity contribution < 1.29 is 14.6 Å². The van der Waals surface area contributed by atoms with Gasteiger partial charge in [-0.2, -0.15) is 5.10 Å². The Hall–Kier alpha value is -4.66. The lowest BCUT2D eigenvalue weighted by atomic mass is 10.0. The molecule has 3 heterocycles. The van der Waals surface area contributed by atoms with Gasteiger partial charge in [-0.25, -0.2) is 14.6 Å². The van der Waals surface area contributed by atoms with Crippen LogP contribution in [0.5, 0.6) is 11.6 Å². The second-order valence-electron chi connectivity index (χ2n) is 8.00. The highest BCUT2D eigenvalue weighted by molar-refractivity contribution is 6.05. The van der Waals surface area contributed by atoms with Crippen LogP contribution in [0.3, 0.4) is 0 Å². The van der Waals surface area contributed by atoms with E-state index in [0.717, 1.165) is 29.6 Å². The molecule has 0 fully saturated rings. The van der Waals surface area contributed by atoms with Crippen LogP contribution >= 0.6 is 0 Å². The number of anilines is 1. The fraction of sp³-hybridized carbons (Fsp3) is 0.154. The number of imidazole rings is 1. The van der Waals surface area contributed by atoms with E-state index in [1.807, 2.05) is 18.2 Å². The van der Waals surface area contributed by atoms with Gasteiger partial charge in [-0.05, 0) is 54.4 Å². The van der Waals surface area contributed by atoms with E-state index in [2.05, 4.69) is 32.3 Å². The van der Waals surface area contributed by atoms with E-state index >= 15 is 0 Å². The molecule has 0 saturated heterocycles. The van der Waals surface area contributed by atoms with E-state index in [-0.39, 0.29) is 11.7 Å². The lowest BCUT2D eigenvalue weighted by molar-refractivity contribution is 0.102. The molecule has 0 radical (unpaired) electrons. The first-order valence-corrected chi connectivity index (χ1v) is 11.2. The smallest absolute Gasteiger partial charge is 0.256 e. The third-order valence-electron chi connectivity index (χ3n) is 5.67. The zero-order chi connectivity index (χ0) is 24.4. The Morgan fingerprint density at radius 2 is 2.00 bits per heavy atom. The van der Waals surface area contributed by atoms with Crippen LogP contribution in [-0.2, 0) is 6.54 Å². The highest BCUT2D eigenvalue weighted by Crippen LogP contribution is 2.35. The number of amides is 1. The minimum Gasteiger partial charge on any atom is -0.507 e. The van der Waals surface area contributed by atoms with Crippen molar-refractivity contribution in [3.63, 3.8) is 0 Å². The van der Waals surface area contributed by atoms with Crippen molar-refractivity contribution in [1.82, 2.24) is 24.7 Å². The summed E-state index contributed by atoms with van der Waals surface area (Å²) in [6.07, 6.45) is 4.23. The van der Waals surface area contributed by atoms with E-state index in [1.54, 1.807) is 60.6 Å². The molecule has 0 spiro atoms. The highest BCUT2D eigenvalue weighted by Gasteiger charge is 2.16. The first-order valence-electron chi connectivity index (χ1n) is 11.2. The summed E-state index contributed by atoms with van der Waals surface area (Å²) in [6, 6.07) is 16.0. The maximum atomic E-state index is 12.9. The average molecular weight is 469 g/mol. The SMILES string of the molecule is CCCn1nccc1NC(=O)c1ccc2[nH]c(-c3cc(-c4cccnc4OC)ccc3O)nc2c1. The van der Waals surface area contributed by atoms with Gasteiger partial charge in [0, 0.05) is 29.9 Å². The summed E-state index contributed by atoms with van der Waals surface area (Å²) in [5, 5.41) is 17.7. The topological polar surface area (TPSA) is 118 Å². The van der Waals surface area contributed by atoms with E-state index in [1.165, 1.54) is 0 Å². The lowest BCUT2D eigenvalue weighted by Crippen LogP contribution is -2.15. The molecule has 2 aromatic carbocycles. The maximum Gasteiger partial charge on any atom is 0.256 e. The Kier molecular flexibility index (Phi) is 5.88. The molecule has 5 rings (SSSR count). The minimum atomic E-state index is -0.247. The molecule has 0 aliphatic carbocycles. The summed E-state index contributed by atoms with van der Waals surface area (Å²) < 4.78 is 7.14. The van der Waals surface area contributed by atoms with Crippen LogP contribution in [0.4, 0.5) is 5.82 Å². The molecular weight excluding hydrogens is 444 g/mol. The Morgan fingerprint density at radius 3 is 2.83 bits per heavy atom. The van der Waals surface area contributed by atoms with E-state index < -0.39 is 0 Å². The molecule has 0 aliphatic heterocycles. The number of fused-ring (bicyclic) bond motifs is 1. The quantitative estimate of drug-likeness (QED) is 0.314. The second kappa shape index (κ2) is 9.30. The number of carbonyl (C=O) groups excluding carboxylic acids is 1. The monoisotopic (exact) mass is 468 g/mol. The second-order valence-corrected chi connectivity index (χ2v) is 8.00. The largest absolute Gasteiger partial charge is 0.507 e. The number of carbonyl (C=O) groups is 1. The molecule has 3 aromatic heterocycles. The van der Waals surface area contributed by atoms with Crippen molar-refractivity contribution in [3.8, 4) is 34.1 Å². The number of methoxy groups -OCH3 is 1. The van der Waals surface area contributed by atoms with Gasteiger partial charge in [0.05, 0.1) is 29.9 Å². The van der Waals surface area contributed by atoms with Crippen LogP contribution in [0.1, 0.15) is 23.7 Å². The van der Waals surface area contributed by atoms with Gasteiger partial charge in [0.15, 0.2) is 0 Å². The van der Waals surface area contributed by atoms with E-state index in [4.69, 9.17) is 4.74 Å². The number of phenolic OH excluding ortho intramolecular Hbond substituents is 1. The molecule has 9 heteroatoms. The van der Waals surface area contributed by atoms with Crippen molar-refractivity contribution in [2.75, 3.05) is 12.4 Å². The third-order valence-corrected chi connectivity index (χ3v) is 5.67. The number of aromatic nitrogens is 5. The van der Waals surface area contributed by atoms with Crippen molar-refractivity contribution >= 4 is 22.8 Å². The summed E-state index contributed by atoms with van der Waals surface area (Å²) in [7, 11) is 1.57. The summed E-state index contributed by atoms with van der Waals surface area (Å²) in [5.41, 5.74) is 3.98. The number of nitrogens with zero attached hydrogens (tertiary/aromatic N) is 4. The summed E-state index contributed by atoms with van der Waals surface area (Å²) in [6.45, 7) is 2.77. The fourth-order valence-corrected chi connectivity index (χ4v) is 3.96. The van der Waals surface area contributed by atoms with Crippen molar-refractivity contribution in [3.05, 3.63) is 72.6 Å². The van der Waals surface area contributed by atoms with Gasteiger partial charge in [0.2, 0.25) is 5.88 Å². The molecule has 0 saturated carbocycles. The Morgan fingerprint density at radius 1 is 1.11 bits per heavy atom. The number of hydrogen-bond donors (Lipinski definition) is 3. The number of pyridine rings is 1. The fourth-order valence-electron chi connectivity index (χ4n) is 3.96. The third kappa shape index (κ3) is 4.31. The molecule has 0 unspecified atom stereocenters. The predicted octanol–water partition coefficient (Wildman–Crippen LogP) is 4.86. The number of aromatic hydroxyl groups is 1. The number of H-pyrrole nitrogens is 1. The van der Waals surface area contributed by atoms with Gasteiger partial charge in [-0.1, -0.05) is 13.0 Å². The van der Waals surface area contributed by atoms with Gasteiger partial charge in [0.25, 0.3) is 5.91 Å². The molecule has 9 nitrogen and oxygen atoms in total. The molecule has 5 aromatic rings. The van der Waals surface area contributed by atoms with E-state index in [9.17, 15) is 9.90 Å². The van der Waals surface area contributed by atoms with Crippen LogP contribution in [0.2, 0.25) is 0 Å². The van der Waals surface area contributed by atoms with Gasteiger partial charge >= 0.3 is 0 Å². The number of phenols is 1. The molecule has 176 valence electrons. The molecule has 3 N–H and O–H groups in total. The Labute approximate surface area is 201 Å². The maximum absolute atomic E-state index is 12.9. The first-order chi connectivity index (χ1) is 17.1. The number of aromatic amines is 1. The molecule has 1 amide bonds. The normalized spacial score (nSPS) is 11.0. The summed E-state index contributed by atoms with van der Waals surface area (Å²) in [4.78, 5) is 25.0. The van der Waals surface area contributed by atoms with Gasteiger partial charge in [0.1, 0.15) is 17.4 Å². The van der Waals surface area contributed by atoms with Crippen LogP contribution in [0.15, 0.2) is 67.0 Å². The van der Waals surface area contributed by atoms with Crippen molar-refractivity contribution in [2.24, 2.45) is 0 Å². The van der Waals surface area contributed by atoms with Gasteiger partial charge in [-0.15, -0.1) is 0 Å². The summed E-state index contributed by atoms with van der Waals surface area (Å²) >= 11 is 0. The van der Waals surface area contributed by atoms with Crippen LogP contribution in [0, 0.1) is 0 Å². The highest BCUT2D eigenvalue weighted by atomic mass is 16.5. The van der Waals surface area contributed by atoms with Crippen LogP contribution in [-0.4, -0.2) is 42.9 Å². The number of aryl methyl sites for hydroxylation is 1. The number of hydrogen-bond acceptors (Lipinski definition) is 6. The standard InChI is InChI=1S/C26H24N6O3/c1-3-13-32-23(10-12-28-32)31-25(34)17-6-8-20-21(15-17)30-24(29-20)19-14-16(7-9-22(19)33)18-5-4-11-27-26(18)35-2/h4-12,14-15,33H,3,13H2,1-2H3,(H,29,30)(H,31,34). The zero-order valence-electron chi connectivity index (χ0n) is 19.3. The first kappa shape index (κ1) is 22.1. The summed E-state index contributed by atoms with van der Waals surface area (Å²) in [5.74, 6) is 1.46. The average Bonchev–Trinajstić information content (AvgIpc) is 3.50. The van der Waals surface area contributed by atoms with Gasteiger partial charge < -0.3 is 20.1 Å². The number of nitrogens with one attached hydrogen (secondary N) is 2. The van der Waals surface area contributed by atoms with Crippen LogP contribution in [0.25, 0.3) is 33.5 Å². The zero-order valence-corrected chi connectivity index (χ0v) is 19.3. The molecule has 35 heavy (non-hydrogen) atoms.